The predicted octanol–water partition coefficient (Wildman–Crippen LogP) is 2.84. The zero-order chi connectivity index (χ0) is 12.8. The Hall–Kier alpha value is -1.16. The maximum atomic E-state index is 5.68. The van der Waals surface area contributed by atoms with Gasteiger partial charge in [-0.1, -0.05) is 26.1 Å². The van der Waals surface area contributed by atoms with Crippen molar-refractivity contribution in [3.8, 4) is 5.88 Å². The lowest BCUT2D eigenvalue weighted by Gasteiger charge is -2.11. The lowest BCUT2D eigenvalue weighted by Crippen LogP contribution is -2.15. The van der Waals surface area contributed by atoms with E-state index in [1.807, 2.05) is 13.0 Å². The average molecular weight is 252 g/mol. The van der Waals surface area contributed by atoms with Crippen LogP contribution in [-0.2, 0) is 0 Å². The minimum atomic E-state index is 0.342. The summed E-state index contributed by atoms with van der Waals surface area (Å²) >= 11 is 5.02. The molecule has 0 fully saturated rings. The zero-order valence-corrected chi connectivity index (χ0v) is 11.5. The van der Waals surface area contributed by atoms with Crippen molar-refractivity contribution in [1.29, 1.82) is 0 Å². The number of pyridine rings is 1. The Labute approximate surface area is 108 Å². The molecule has 0 saturated carbocycles. The van der Waals surface area contributed by atoms with E-state index in [0.29, 0.717) is 23.4 Å². The molecule has 4 heteroatoms. The standard InChI is InChI=1S/C13H20N2OS/c1-9(2)5-4-8-16-13-11(12(14)17)10(3)6-7-15-13/h6-7,9H,4-5,8H2,1-3H3,(H2,14,17). The first-order valence-corrected chi connectivity index (χ1v) is 6.31. The molecule has 0 aliphatic rings. The van der Waals surface area contributed by atoms with E-state index in [0.717, 1.165) is 24.0 Å². The highest BCUT2D eigenvalue weighted by Gasteiger charge is 2.10. The quantitative estimate of drug-likeness (QED) is 0.625. The number of aromatic nitrogens is 1. The summed E-state index contributed by atoms with van der Waals surface area (Å²) in [5, 5.41) is 0. The average Bonchev–Trinajstić information content (AvgIpc) is 2.23. The molecule has 17 heavy (non-hydrogen) atoms. The van der Waals surface area contributed by atoms with E-state index < -0.39 is 0 Å². The van der Waals surface area contributed by atoms with Crippen molar-refractivity contribution in [3.63, 3.8) is 0 Å². The van der Waals surface area contributed by atoms with Gasteiger partial charge in [-0.15, -0.1) is 0 Å². The van der Waals surface area contributed by atoms with E-state index in [2.05, 4.69) is 18.8 Å². The third-order valence-electron chi connectivity index (χ3n) is 2.54. The van der Waals surface area contributed by atoms with Crippen LogP contribution in [0.2, 0.25) is 0 Å². The van der Waals surface area contributed by atoms with Gasteiger partial charge < -0.3 is 10.5 Å². The molecule has 0 spiro atoms. The largest absolute Gasteiger partial charge is 0.477 e. The lowest BCUT2D eigenvalue weighted by atomic mass is 10.1. The van der Waals surface area contributed by atoms with Gasteiger partial charge in [0.15, 0.2) is 0 Å². The van der Waals surface area contributed by atoms with Crippen LogP contribution in [0, 0.1) is 12.8 Å². The van der Waals surface area contributed by atoms with Gasteiger partial charge in [0.05, 0.1) is 12.2 Å². The molecule has 2 N–H and O–H groups in total. The zero-order valence-electron chi connectivity index (χ0n) is 10.7. The Morgan fingerprint density at radius 2 is 2.24 bits per heavy atom. The molecule has 0 unspecified atom stereocenters. The molecule has 0 bridgehead atoms. The Morgan fingerprint density at radius 3 is 2.82 bits per heavy atom. The van der Waals surface area contributed by atoms with Crippen LogP contribution in [0.15, 0.2) is 12.3 Å². The van der Waals surface area contributed by atoms with Crippen LogP contribution in [0.1, 0.15) is 37.8 Å². The number of nitrogens with two attached hydrogens (primary N) is 1. The summed E-state index contributed by atoms with van der Waals surface area (Å²) in [4.78, 5) is 4.53. The number of aryl methyl sites for hydroxylation is 1. The normalized spacial score (nSPS) is 10.6. The summed E-state index contributed by atoms with van der Waals surface area (Å²) < 4.78 is 5.65. The van der Waals surface area contributed by atoms with Gasteiger partial charge in [0.1, 0.15) is 4.99 Å². The van der Waals surface area contributed by atoms with Crippen molar-refractivity contribution in [2.45, 2.75) is 33.6 Å². The van der Waals surface area contributed by atoms with Crippen LogP contribution in [0.3, 0.4) is 0 Å². The molecule has 1 rings (SSSR count). The third-order valence-corrected chi connectivity index (χ3v) is 2.74. The second kappa shape index (κ2) is 6.55. The molecule has 0 aliphatic carbocycles. The monoisotopic (exact) mass is 252 g/mol. The first kappa shape index (κ1) is 13.9. The van der Waals surface area contributed by atoms with Gasteiger partial charge in [0.2, 0.25) is 5.88 Å². The molecule has 94 valence electrons. The van der Waals surface area contributed by atoms with Crippen LogP contribution >= 0.6 is 12.2 Å². The van der Waals surface area contributed by atoms with Gasteiger partial charge >= 0.3 is 0 Å². The highest BCUT2D eigenvalue weighted by molar-refractivity contribution is 7.80. The summed E-state index contributed by atoms with van der Waals surface area (Å²) in [6.45, 7) is 7.01. The fourth-order valence-corrected chi connectivity index (χ4v) is 1.85. The molecule has 1 aromatic rings. The van der Waals surface area contributed by atoms with Crippen LogP contribution in [-0.4, -0.2) is 16.6 Å². The SMILES string of the molecule is Cc1ccnc(OCCCC(C)C)c1C(N)=S. The van der Waals surface area contributed by atoms with Gasteiger partial charge in [-0.05, 0) is 37.3 Å². The Balaban J connectivity index is 2.64. The van der Waals surface area contributed by atoms with Gasteiger partial charge in [-0.3, -0.25) is 0 Å². The predicted molar refractivity (Wildman–Crippen MR) is 74.4 cm³/mol. The number of rotatable bonds is 6. The van der Waals surface area contributed by atoms with Gasteiger partial charge in [0.25, 0.3) is 0 Å². The summed E-state index contributed by atoms with van der Waals surface area (Å²) in [6, 6.07) is 1.88. The van der Waals surface area contributed by atoms with Gasteiger partial charge in [-0.25, -0.2) is 4.98 Å². The highest BCUT2D eigenvalue weighted by Crippen LogP contribution is 2.19. The molecule has 0 aliphatic heterocycles. The third kappa shape index (κ3) is 4.30. The van der Waals surface area contributed by atoms with Crippen molar-refractivity contribution in [3.05, 3.63) is 23.4 Å². The molecule has 0 atom stereocenters. The fraction of sp³-hybridized carbons (Fsp3) is 0.538. The van der Waals surface area contributed by atoms with Crippen molar-refractivity contribution >= 4 is 17.2 Å². The van der Waals surface area contributed by atoms with Crippen LogP contribution < -0.4 is 10.5 Å². The molecule has 1 aromatic heterocycles. The molecule has 3 nitrogen and oxygen atoms in total. The van der Waals surface area contributed by atoms with Crippen molar-refractivity contribution < 1.29 is 4.74 Å². The fourth-order valence-electron chi connectivity index (χ4n) is 1.60. The Bertz CT molecular complexity index is 391. The van der Waals surface area contributed by atoms with E-state index in [-0.39, 0.29) is 0 Å². The maximum absolute atomic E-state index is 5.68. The summed E-state index contributed by atoms with van der Waals surface area (Å²) in [6.07, 6.45) is 3.88. The first-order chi connectivity index (χ1) is 8.02. The number of thiocarbonyl (C=S) groups is 1. The summed E-state index contributed by atoms with van der Waals surface area (Å²) in [7, 11) is 0. The Morgan fingerprint density at radius 1 is 1.53 bits per heavy atom. The van der Waals surface area contributed by atoms with Gasteiger partial charge in [0, 0.05) is 6.20 Å². The van der Waals surface area contributed by atoms with Gasteiger partial charge in [-0.2, -0.15) is 0 Å². The summed E-state index contributed by atoms with van der Waals surface area (Å²) in [5.74, 6) is 1.25. The molecule has 0 radical (unpaired) electrons. The Kier molecular flexibility index (Phi) is 5.35. The van der Waals surface area contributed by atoms with E-state index in [1.165, 1.54) is 0 Å². The number of hydrogen-bond acceptors (Lipinski definition) is 3. The molecule has 0 saturated heterocycles. The minimum absolute atomic E-state index is 0.342. The number of nitrogens with zero attached hydrogens (tertiary/aromatic N) is 1. The summed E-state index contributed by atoms with van der Waals surface area (Å²) in [5.41, 5.74) is 7.44. The number of hydrogen-bond donors (Lipinski definition) is 1. The minimum Gasteiger partial charge on any atom is -0.477 e. The van der Waals surface area contributed by atoms with Crippen LogP contribution in [0.4, 0.5) is 0 Å². The van der Waals surface area contributed by atoms with E-state index in [9.17, 15) is 0 Å². The van der Waals surface area contributed by atoms with Crippen molar-refractivity contribution in [2.24, 2.45) is 11.7 Å². The topological polar surface area (TPSA) is 48.1 Å². The molecular formula is C13H20N2OS. The molecule has 0 aromatic carbocycles. The maximum Gasteiger partial charge on any atom is 0.223 e. The van der Waals surface area contributed by atoms with E-state index >= 15 is 0 Å². The van der Waals surface area contributed by atoms with Crippen molar-refractivity contribution in [1.82, 2.24) is 4.98 Å². The first-order valence-electron chi connectivity index (χ1n) is 5.90. The molecule has 1 heterocycles. The molecular weight excluding hydrogens is 232 g/mol. The lowest BCUT2D eigenvalue weighted by molar-refractivity contribution is 0.286. The molecule has 0 amide bonds. The second-order valence-corrected chi connectivity index (χ2v) is 5.00. The van der Waals surface area contributed by atoms with Crippen molar-refractivity contribution in [2.75, 3.05) is 6.61 Å². The number of ether oxygens (including phenoxy) is 1. The van der Waals surface area contributed by atoms with E-state index in [4.69, 9.17) is 22.7 Å². The van der Waals surface area contributed by atoms with Crippen LogP contribution in [0.5, 0.6) is 5.88 Å². The van der Waals surface area contributed by atoms with E-state index in [1.54, 1.807) is 6.20 Å². The van der Waals surface area contributed by atoms with Crippen LogP contribution in [0.25, 0.3) is 0 Å². The highest BCUT2D eigenvalue weighted by atomic mass is 32.1. The smallest absolute Gasteiger partial charge is 0.223 e. The second-order valence-electron chi connectivity index (χ2n) is 4.56.